The van der Waals surface area contributed by atoms with Gasteiger partial charge in [-0.1, -0.05) is 23.9 Å². The van der Waals surface area contributed by atoms with E-state index in [9.17, 15) is 9.59 Å². The van der Waals surface area contributed by atoms with Crippen LogP contribution in [0.4, 0.5) is 4.79 Å². The fraction of sp³-hybridized carbons (Fsp3) is 0.444. The number of urea groups is 1. The Bertz CT molecular complexity index is 801. The van der Waals surface area contributed by atoms with Crippen LogP contribution in [0, 0.1) is 6.92 Å². The Kier molecular flexibility index (Phi) is 6.84. The molecule has 1 heterocycles. The molecule has 0 aliphatic rings. The van der Waals surface area contributed by atoms with Gasteiger partial charge in [0.25, 0.3) is 11.1 Å². The van der Waals surface area contributed by atoms with Crippen LogP contribution in [0.15, 0.2) is 33.9 Å². The van der Waals surface area contributed by atoms with Crippen LogP contribution < -0.4 is 15.4 Å². The van der Waals surface area contributed by atoms with Gasteiger partial charge in [0.15, 0.2) is 6.61 Å². The number of carbonyl (C=O) groups is 2. The molecule has 0 saturated carbocycles. The van der Waals surface area contributed by atoms with Crippen molar-refractivity contribution in [3.8, 4) is 5.75 Å². The smallest absolute Gasteiger partial charge is 0.321 e. The first-order valence-corrected chi connectivity index (χ1v) is 9.32. The Morgan fingerprint density at radius 2 is 2.04 bits per heavy atom. The van der Waals surface area contributed by atoms with Gasteiger partial charge in [-0.15, -0.1) is 10.2 Å². The first-order chi connectivity index (χ1) is 12.6. The van der Waals surface area contributed by atoms with E-state index in [1.54, 1.807) is 6.92 Å². The van der Waals surface area contributed by atoms with Crippen LogP contribution in [-0.4, -0.2) is 32.9 Å². The summed E-state index contributed by atoms with van der Waals surface area (Å²) in [5.74, 6) is 0.564. The van der Waals surface area contributed by atoms with Gasteiger partial charge in [-0.2, -0.15) is 0 Å². The lowest BCUT2D eigenvalue weighted by Crippen LogP contribution is -2.49. The number of thioether (sulfide) groups is 1. The minimum absolute atomic E-state index is 0.131. The molecule has 3 amide bonds. The van der Waals surface area contributed by atoms with E-state index in [2.05, 4.69) is 20.8 Å². The number of nitrogens with zero attached hydrogens (tertiary/aromatic N) is 2. The predicted octanol–water partition coefficient (Wildman–Crippen LogP) is 3.06. The first-order valence-electron chi connectivity index (χ1n) is 8.44. The lowest BCUT2D eigenvalue weighted by molar-refractivity contribution is -0.119. The Morgan fingerprint density at radius 3 is 2.70 bits per heavy atom. The molecule has 2 N–H and O–H groups in total. The number of ether oxygens (including phenoxy) is 1. The number of benzene rings is 1. The maximum absolute atomic E-state index is 12.1. The summed E-state index contributed by atoms with van der Waals surface area (Å²) in [5, 5.41) is 12.4. The topological polar surface area (TPSA) is 106 Å². The fourth-order valence-corrected chi connectivity index (χ4v) is 2.69. The number of hydrogen-bond acceptors (Lipinski definition) is 7. The second-order valence-corrected chi connectivity index (χ2v) is 8.31. The van der Waals surface area contributed by atoms with Crippen LogP contribution in [0.25, 0.3) is 0 Å². The number of carbonyl (C=O) groups excluding carboxylic acids is 2. The summed E-state index contributed by atoms with van der Waals surface area (Å²) in [4.78, 5) is 23.8. The second-order valence-electron chi connectivity index (χ2n) is 7.02. The van der Waals surface area contributed by atoms with Gasteiger partial charge in [-0.3, -0.25) is 10.1 Å². The van der Waals surface area contributed by atoms with Crippen molar-refractivity contribution in [1.82, 2.24) is 20.8 Å². The molecule has 2 aromatic rings. The molecule has 1 atom stereocenters. The first kappa shape index (κ1) is 20.8. The second kappa shape index (κ2) is 8.90. The van der Waals surface area contributed by atoms with Crippen molar-refractivity contribution in [2.75, 3.05) is 0 Å². The van der Waals surface area contributed by atoms with E-state index in [-0.39, 0.29) is 11.8 Å². The Balaban J connectivity index is 1.83. The summed E-state index contributed by atoms with van der Waals surface area (Å²) in [6.07, 6.45) is 0. The molecule has 0 radical (unpaired) electrons. The SMILES string of the molecule is Cc1cccc(OCc2nnc(S[C@@H](C)C(=O)NC(=O)NC(C)(C)C)o2)c1. The molecule has 0 aliphatic heterocycles. The molecule has 0 saturated heterocycles. The van der Waals surface area contributed by atoms with Gasteiger partial charge < -0.3 is 14.5 Å². The van der Waals surface area contributed by atoms with Gasteiger partial charge in [0.05, 0.1) is 5.25 Å². The fourth-order valence-electron chi connectivity index (χ4n) is 1.98. The molecule has 1 aromatic heterocycles. The zero-order valence-electron chi connectivity index (χ0n) is 16.0. The minimum atomic E-state index is -0.582. The molecule has 0 spiro atoms. The Hall–Kier alpha value is -2.55. The third-order valence-electron chi connectivity index (χ3n) is 3.17. The van der Waals surface area contributed by atoms with Crippen molar-refractivity contribution in [1.29, 1.82) is 0 Å². The molecule has 0 aliphatic carbocycles. The largest absolute Gasteiger partial charge is 0.484 e. The van der Waals surface area contributed by atoms with E-state index in [1.807, 2.05) is 52.0 Å². The monoisotopic (exact) mass is 392 g/mol. The third kappa shape index (κ3) is 7.30. The molecule has 27 heavy (non-hydrogen) atoms. The highest BCUT2D eigenvalue weighted by atomic mass is 32.2. The van der Waals surface area contributed by atoms with E-state index < -0.39 is 22.7 Å². The summed E-state index contributed by atoms with van der Waals surface area (Å²) >= 11 is 1.07. The maximum Gasteiger partial charge on any atom is 0.321 e. The summed E-state index contributed by atoms with van der Waals surface area (Å²) < 4.78 is 11.1. The van der Waals surface area contributed by atoms with Crippen molar-refractivity contribution < 1.29 is 18.7 Å². The quantitative estimate of drug-likeness (QED) is 0.728. The number of imide groups is 1. The zero-order chi connectivity index (χ0) is 20.0. The average molecular weight is 392 g/mol. The van der Waals surface area contributed by atoms with Crippen LogP contribution in [0.5, 0.6) is 5.75 Å². The average Bonchev–Trinajstić information content (AvgIpc) is 2.98. The van der Waals surface area contributed by atoms with E-state index in [1.165, 1.54) is 0 Å². The van der Waals surface area contributed by atoms with Crippen molar-refractivity contribution >= 4 is 23.7 Å². The van der Waals surface area contributed by atoms with Crippen LogP contribution >= 0.6 is 11.8 Å². The van der Waals surface area contributed by atoms with E-state index in [0.717, 1.165) is 17.3 Å². The molecule has 0 bridgehead atoms. The van der Waals surface area contributed by atoms with Gasteiger partial charge in [0.1, 0.15) is 5.75 Å². The van der Waals surface area contributed by atoms with Crippen LogP contribution in [0.3, 0.4) is 0 Å². The maximum atomic E-state index is 12.1. The highest BCUT2D eigenvalue weighted by Gasteiger charge is 2.22. The Morgan fingerprint density at radius 1 is 1.30 bits per heavy atom. The summed E-state index contributed by atoms with van der Waals surface area (Å²) in [6, 6.07) is 7.07. The van der Waals surface area contributed by atoms with Crippen molar-refractivity contribution in [2.24, 2.45) is 0 Å². The molecule has 1 aromatic carbocycles. The van der Waals surface area contributed by atoms with Gasteiger partial charge in [0.2, 0.25) is 5.91 Å². The summed E-state index contributed by atoms with van der Waals surface area (Å²) in [5.41, 5.74) is 0.656. The molecule has 8 nitrogen and oxygen atoms in total. The van der Waals surface area contributed by atoms with Crippen molar-refractivity contribution in [3.63, 3.8) is 0 Å². The zero-order valence-corrected chi connectivity index (χ0v) is 16.8. The standard InChI is InChI=1S/C18H24N4O4S/c1-11-7-6-8-13(9-11)25-10-14-21-22-17(26-14)27-12(2)15(23)19-16(24)20-18(3,4)5/h6-9,12H,10H2,1-5H3,(H2,19,20,23,24)/t12-/m0/s1. The number of amides is 3. The number of rotatable bonds is 6. The summed E-state index contributed by atoms with van der Waals surface area (Å²) in [7, 11) is 0. The van der Waals surface area contributed by atoms with Gasteiger partial charge in [-0.05, 0) is 52.3 Å². The minimum Gasteiger partial charge on any atom is -0.484 e. The highest BCUT2D eigenvalue weighted by Crippen LogP contribution is 2.22. The number of nitrogens with one attached hydrogen (secondary N) is 2. The molecular formula is C18H24N4O4S. The number of aromatic nitrogens is 2. The molecule has 0 fully saturated rings. The number of hydrogen-bond donors (Lipinski definition) is 2. The lowest BCUT2D eigenvalue weighted by Gasteiger charge is -2.20. The normalized spacial score (nSPS) is 12.3. The van der Waals surface area contributed by atoms with Crippen molar-refractivity contribution in [2.45, 2.75) is 57.2 Å². The van der Waals surface area contributed by atoms with Crippen molar-refractivity contribution in [3.05, 3.63) is 35.7 Å². The summed E-state index contributed by atoms with van der Waals surface area (Å²) in [6.45, 7) is 9.24. The third-order valence-corrected chi connectivity index (χ3v) is 4.11. The van der Waals surface area contributed by atoms with Crippen LogP contribution in [0.1, 0.15) is 39.1 Å². The Labute approximate surface area is 162 Å². The number of aryl methyl sites for hydroxylation is 1. The predicted molar refractivity (Wildman–Crippen MR) is 102 cm³/mol. The van der Waals surface area contributed by atoms with Gasteiger partial charge >= 0.3 is 6.03 Å². The lowest BCUT2D eigenvalue weighted by atomic mass is 10.1. The van der Waals surface area contributed by atoms with Gasteiger partial charge in [-0.25, -0.2) is 4.79 Å². The van der Waals surface area contributed by atoms with E-state index in [0.29, 0.717) is 11.6 Å². The highest BCUT2D eigenvalue weighted by molar-refractivity contribution is 8.00. The molecule has 9 heteroatoms. The van der Waals surface area contributed by atoms with Gasteiger partial charge in [0, 0.05) is 5.54 Å². The van der Waals surface area contributed by atoms with Crippen LogP contribution in [-0.2, 0) is 11.4 Å². The van der Waals surface area contributed by atoms with Crippen LogP contribution in [0.2, 0.25) is 0 Å². The molecule has 146 valence electrons. The molecule has 0 unspecified atom stereocenters. The van der Waals surface area contributed by atoms with E-state index >= 15 is 0 Å². The van der Waals surface area contributed by atoms with E-state index in [4.69, 9.17) is 9.15 Å². The molecular weight excluding hydrogens is 368 g/mol. The molecule has 2 rings (SSSR count).